The van der Waals surface area contributed by atoms with E-state index in [4.69, 9.17) is 16.0 Å². The minimum absolute atomic E-state index is 0.185. The molecule has 2 aromatic heterocycles. The largest absolute Gasteiger partial charge is 0.467 e. The Bertz CT molecular complexity index is 569. The Labute approximate surface area is 128 Å². The molecule has 0 atom stereocenters. The van der Waals surface area contributed by atoms with Gasteiger partial charge in [-0.25, -0.2) is 0 Å². The number of furan rings is 1. The number of hydrogen-bond donors (Lipinski definition) is 2. The normalized spacial score (nSPS) is 15.9. The first-order valence-electron chi connectivity index (χ1n) is 7.24. The third kappa shape index (κ3) is 4.07. The number of nitrogens with zero attached hydrogens (tertiary/aromatic N) is 3. The van der Waals surface area contributed by atoms with Gasteiger partial charge >= 0.3 is 0 Å². The van der Waals surface area contributed by atoms with Crippen molar-refractivity contribution in [3.8, 4) is 0 Å². The molecule has 21 heavy (non-hydrogen) atoms. The van der Waals surface area contributed by atoms with E-state index in [1.54, 1.807) is 6.26 Å². The summed E-state index contributed by atoms with van der Waals surface area (Å²) < 4.78 is 5.25. The number of aromatic nitrogens is 3. The highest BCUT2D eigenvalue weighted by Gasteiger charge is 2.15. The number of halogens is 1. The minimum Gasteiger partial charge on any atom is -0.467 e. The maximum absolute atomic E-state index is 5.96. The Morgan fingerprint density at radius 2 is 1.95 bits per heavy atom. The van der Waals surface area contributed by atoms with Crippen molar-refractivity contribution in [3.05, 3.63) is 29.4 Å². The summed E-state index contributed by atoms with van der Waals surface area (Å²) in [5.74, 6) is 1.79. The van der Waals surface area contributed by atoms with Crippen molar-refractivity contribution >= 4 is 23.5 Å². The molecule has 2 N–H and O–H groups in total. The van der Waals surface area contributed by atoms with Gasteiger partial charge in [0.05, 0.1) is 12.8 Å². The van der Waals surface area contributed by atoms with Crippen LogP contribution in [0.3, 0.4) is 0 Å². The van der Waals surface area contributed by atoms with Gasteiger partial charge in [-0.2, -0.15) is 15.0 Å². The van der Waals surface area contributed by atoms with Crippen LogP contribution < -0.4 is 10.6 Å². The van der Waals surface area contributed by atoms with Crippen LogP contribution in [0, 0.1) is 0 Å². The first kappa shape index (κ1) is 14.1. The van der Waals surface area contributed by atoms with Gasteiger partial charge in [-0.1, -0.05) is 19.3 Å². The van der Waals surface area contributed by atoms with Crippen LogP contribution >= 0.6 is 11.6 Å². The van der Waals surface area contributed by atoms with Crippen molar-refractivity contribution in [2.75, 3.05) is 10.6 Å². The molecule has 1 aliphatic rings. The van der Waals surface area contributed by atoms with Gasteiger partial charge in [0, 0.05) is 6.04 Å². The second kappa shape index (κ2) is 6.76. The number of hydrogen-bond acceptors (Lipinski definition) is 6. The molecule has 2 aromatic rings. The van der Waals surface area contributed by atoms with Crippen molar-refractivity contribution in [1.29, 1.82) is 0 Å². The van der Waals surface area contributed by atoms with Gasteiger partial charge in [0.15, 0.2) is 0 Å². The third-order valence-electron chi connectivity index (χ3n) is 3.55. The van der Waals surface area contributed by atoms with E-state index in [0.717, 1.165) is 18.6 Å². The molecule has 112 valence electrons. The highest BCUT2D eigenvalue weighted by Crippen LogP contribution is 2.21. The standard InChI is InChI=1S/C14H18ClN5O/c15-12-18-13(16-9-11-7-4-8-21-11)20-14(19-12)17-10-5-2-1-3-6-10/h4,7-8,10H,1-3,5-6,9H2,(H2,16,17,18,19,20). The summed E-state index contributed by atoms with van der Waals surface area (Å²) in [4.78, 5) is 12.6. The van der Waals surface area contributed by atoms with E-state index in [1.807, 2.05) is 12.1 Å². The predicted octanol–water partition coefficient (Wildman–Crippen LogP) is 3.47. The number of nitrogens with one attached hydrogen (secondary N) is 2. The Kier molecular flexibility index (Phi) is 4.55. The van der Waals surface area contributed by atoms with E-state index < -0.39 is 0 Å². The number of rotatable bonds is 5. The highest BCUT2D eigenvalue weighted by atomic mass is 35.5. The monoisotopic (exact) mass is 307 g/mol. The maximum atomic E-state index is 5.96. The second-order valence-corrected chi connectivity index (χ2v) is 5.50. The maximum Gasteiger partial charge on any atom is 0.229 e. The lowest BCUT2D eigenvalue weighted by Crippen LogP contribution is -2.24. The highest BCUT2D eigenvalue weighted by molar-refractivity contribution is 6.28. The molecule has 6 nitrogen and oxygen atoms in total. The van der Waals surface area contributed by atoms with Gasteiger partial charge in [0.2, 0.25) is 17.2 Å². The van der Waals surface area contributed by atoms with Crippen LogP contribution in [0.5, 0.6) is 0 Å². The third-order valence-corrected chi connectivity index (χ3v) is 3.72. The molecule has 0 aromatic carbocycles. The van der Waals surface area contributed by atoms with Gasteiger partial charge in [-0.15, -0.1) is 0 Å². The molecule has 0 unspecified atom stereocenters. The lowest BCUT2D eigenvalue weighted by atomic mass is 9.96. The van der Waals surface area contributed by atoms with Crippen molar-refractivity contribution in [3.63, 3.8) is 0 Å². The Morgan fingerprint density at radius 1 is 1.14 bits per heavy atom. The van der Waals surface area contributed by atoms with Crippen LogP contribution in [0.25, 0.3) is 0 Å². The van der Waals surface area contributed by atoms with E-state index >= 15 is 0 Å². The van der Waals surface area contributed by atoms with Crippen molar-refractivity contribution in [2.45, 2.75) is 44.7 Å². The van der Waals surface area contributed by atoms with Crippen LogP contribution in [-0.4, -0.2) is 21.0 Å². The predicted molar refractivity (Wildman–Crippen MR) is 81.4 cm³/mol. The first-order valence-corrected chi connectivity index (χ1v) is 7.62. The first-order chi connectivity index (χ1) is 10.3. The van der Waals surface area contributed by atoms with Crippen molar-refractivity contribution in [1.82, 2.24) is 15.0 Å². The average molecular weight is 308 g/mol. The van der Waals surface area contributed by atoms with E-state index in [9.17, 15) is 0 Å². The van der Waals surface area contributed by atoms with Crippen LogP contribution in [0.15, 0.2) is 22.8 Å². The lowest BCUT2D eigenvalue weighted by Gasteiger charge is -2.22. The van der Waals surface area contributed by atoms with Gasteiger partial charge in [0.1, 0.15) is 5.76 Å². The van der Waals surface area contributed by atoms with Gasteiger partial charge in [-0.05, 0) is 36.6 Å². The van der Waals surface area contributed by atoms with Gasteiger partial charge < -0.3 is 15.1 Å². The average Bonchev–Trinajstić information content (AvgIpc) is 2.99. The summed E-state index contributed by atoms with van der Waals surface area (Å²) in [6.45, 7) is 0.510. The van der Waals surface area contributed by atoms with E-state index in [0.29, 0.717) is 24.5 Å². The topological polar surface area (TPSA) is 75.9 Å². The fourth-order valence-electron chi connectivity index (χ4n) is 2.50. The summed E-state index contributed by atoms with van der Waals surface area (Å²) in [7, 11) is 0. The van der Waals surface area contributed by atoms with E-state index in [2.05, 4.69) is 25.6 Å². The molecular formula is C14H18ClN5O. The van der Waals surface area contributed by atoms with Gasteiger partial charge in [-0.3, -0.25) is 0 Å². The molecule has 7 heteroatoms. The summed E-state index contributed by atoms with van der Waals surface area (Å²) in [6.07, 6.45) is 7.75. The quantitative estimate of drug-likeness (QED) is 0.881. The molecular weight excluding hydrogens is 290 g/mol. The molecule has 0 spiro atoms. The van der Waals surface area contributed by atoms with E-state index in [-0.39, 0.29) is 5.28 Å². The SMILES string of the molecule is Clc1nc(NCc2ccco2)nc(NC2CCCCC2)n1. The fourth-order valence-corrected chi connectivity index (χ4v) is 2.66. The Morgan fingerprint density at radius 3 is 2.71 bits per heavy atom. The Balaban J connectivity index is 1.64. The zero-order valence-corrected chi connectivity index (χ0v) is 12.4. The van der Waals surface area contributed by atoms with Crippen molar-refractivity contribution < 1.29 is 4.42 Å². The zero-order chi connectivity index (χ0) is 14.5. The smallest absolute Gasteiger partial charge is 0.229 e. The van der Waals surface area contributed by atoms with Crippen molar-refractivity contribution in [2.24, 2.45) is 0 Å². The molecule has 1 aliphatic carbocycles. The van der Waals surface area contributed by atoms with Crippen LogP contribution in [0.1, 0.15) is 37.9 Å². The minimum atomic E-state index is 0.185. The molecule has 2 heterocycles. The summed E-state index contributed by atoms with van der Waals surface area (Å²) in [5.41, 5.74) is 0. The second-order valence-electron chi connectivity index (χ2n) is 5.16. The lowest BCUT2D eigenvalue weighted by molar-refractivity contribution is 0.460. The fraction of sp³-hybridized carbons (Fsp3) is 0.500. The molecule has 0 aliphatic heterocycles. The van der Waals surface area contributed by atoms with Crippen LogP contribution in [0.2, 0.25) is 5.28 Å². The summed E-state index contributed by atoms with van der Waals surface area (Å²) >= 11 is 5.96. The molecule has 0 bridgehead atoms. The van der Waals surface area contributed by atoms with Crippen LogP contribution in [0.4, 0.5) is 11.9 Å². The van der Waals surface area contributed by atoms with E-state index in [1.165, 1.54) is 19.3 Å². The molecule has 1 fully saturated rings. The molecule has 0 amide bonds. The van der Waals surface area contributed by atoms with Crippen LogP contribution in [-0.2, 0) is 6.54 Å². The Hall–Kier alpha value is -1.82. The molecule has 0 saturated heterocycles. The molecule has 3 rings (SSSR count). The molecule has 1 saturated carbocycles. The summed E-state index contributed by atoms with van der Waals surface area (Å²) in [5, 5.41) is 6.62. The van der Waals surface area contributed by atoms with Gasteiger partial charge in [0.25, 0.3) is 0 Å². The zero-order valence-electron chi connectivity index (χ0n) is 11.7. The molecule has 0 radical (unpaired) electrons. The summed E-state index contributed by atoms with van der Waals surface area (Å²) in [6, 6.07) is 4.15. The number of anilines is 2.